The Kier molecular flexibility index (Phi) is 3.09. The van der Waals surface area contributed by atoms with Crippen molar-refractivity contribution in [1.29, 1.82) is 0 Å². The summed E-state index contributed by atoms with van der Waals surface area (Å²) < 4.78 is 0. The highest BCUT2D eigenvalue weighted by Gasteiger charge is 2.40. The Labute approximate surface area is 122 Å². The fourth-order valence-electron chi connectivity index (χ4n) is 2.85. The molecule has 0 saturated heterocycles. The molecule has 0 fully saturated rings. The molecule has 3 rings (SSSR count). The number of hydrogen-bond donors (Lipinski definition) is 1. The molecule has 1 aliphatic rings. The first kappa shape index (κ1) is 13.0. The normalized spacial score (nSPS) is 21.5. The highest BCUT2D eigenvalue weighted by molar-refractivity contribution is 6.42. The largest absolute Gasteiger partial charge is 0.380 e. The minimum atomic E-state index is -1.02. The second kappa shape index (κ2) is 4.52. The maximum atomic E-state index is 11.1. The number of aryl methyl sites for hydroxylation is 2. The molecule has 2 aromatic carbocycles. The molecule has 1 aliphatic carbocycles. The second-order valence-corrected chi connectivity index (χ2v) is 5.91. The predicted octanol–water partition coefficient (Wildman–Crippen LogP) is 4.48. The van der Waals surface area contributed by atoms with Crippen molar-refractivity contribution < 1.29 is 5.11 Å². The van der Waals surface area contributed by atoms with Crippen molar-refractivity contribution in [2.75, 3.05) is 0 Å². The van der Waals surface area contributed by atoms with Crippen LogP contribution in [-0.2, 0) is 12.0 Å². The molecule has 0 saturated carbocycles. The molecule has 98 valence electrons. The summed E-state index contributed by atoms with van der Waals surface area (Å²) in [6.07, 6.45) is 1.50. The van der Waals surface area contributed by atoms with Crippen LogP contribution < -0.4 is 0 Å². The van der Waals surface area contributed by atoms with Crippen molar-refractivity contribution in [3.63, 3.8) is 0 Å². The molecule has 1 atom stereocenters. The lowest BCUT2D eigenvalue weighted by Crippen LogP contribution is -2.24. The van der Waals surface area contributed by atoms with Gasteiger partial charge in [-0.1, -0.05) is 59.1 Å². The van der Waals surface area contributed by atoms with Crippen molar-refractivity contribution in [2.24, 2.45) is 0 Å². The summed E-state index contributed by atoms with van der Waals surface area (Å²) in [5.74, 6) is 0. The Morgan fingerprint density at radius 3 is 2.68 bits per heavy atom. The quantitative estimate of drug-likeness (QED) is 0.821. The van der Waals surface area contributed by atoms with Gasteiger partial charge in [0.05, 0.1) is 10.0 Å². The van der Waals surface area contributed by atoms with Crippen molar-refractivity contribution >= 4 is 23.2 Å². The van der Waals surface area contributed by atoms with E-state index < -0.39 is 5.60 Å². The summed E-state index contributed by atoms with van der Waals surface area (Å²) in [7, 11) is 0. The summed E-state index contributed by atoms with van der Waals surface area (Å²) in [5, 5.41) is 12.0. The molecule has 0 amide bonds. The Balaban J connectivity index is 2.22. The minimum absolute atomic E-state index is 0.445. The van der Waals surface area contributed by atoms with Crippen molar-refractivity contribution in [3.05, 3.63) is 68.7 Å². The topological polar surface area (TPSA) is 20.2 Å². The molecule has 1 N–H and O–H groups in total. The van der Waals surface area contributed by atoms with Crippen LogP contribution in [0.3, 0.4) is 0 Å². The Bertz CT molecular complexity index is 651. The van der Waals surface area contributed by atoms with Crippen LogP contribution in [0.25, 0.3) is 0 Å². The predicted molar refractivity (Wildman–Crippen MR) is 79.0 cm³/mol. The minimum Gasteiger partial charge on any atom is -0.380 e. The van der Waals surface area contributed by atoms with Gasteiger partial charge in [0.1, 0.15) is 5.60 Å². The van der Waals surface area contributed by atoms with Crippen LogP contribution in [0.5, 0.6) is 0 Å². The molecule has 3 heteroatoms. The number of aliphatic hydroxyl groups is 1. The van der Waals surface area contributed by atoms with E-state index in [0.717, 1.165) is 17.5 Å². The first-order valence-electron chi connectivity index (χ1n) is 6.29. The van der Waals surface area contributed by atoms with E-state index in [1.54, 1.807) is 6.07 Å². The van der Waals surface area contributed by atoms with Crippen LogP contribution in [0.15, 0.2) is 36.4 Å². The Hall–Kier alpha value is -1.02. The van der Waals surface area contributed by atoms with Crippen molar-refractivity contribution in [3.8, 4) is 0 Å². The molecule has 1 nitrogen and oxygen atoms in total. The van der Waals surface area contributed by atoms with Gasteiger partial charge >= 0.3 is 0 Å². The zero-order chi connectivity index (χ0) is 13.6. The zero-order valence-corrected chi connectivity index (χ0v) is 12.1. The molecule has 0 bridgehead atoms. The lowest BCUT2D eigenvalue weighted by molar-refractivity contribution is 0.0830. The highest BCUT2D eigenvalue weighted by atomic mass is 35.5. The van der Waals surface area contributed by atoms with E-state index in [1.807, 2.05) is 25.1 Å². The average molecular weight is 293 g/mol. The second-order valence-electron chi connectivity index (χ2n) is 5.12. The number of fused-ring (bicyclic) bond motifs is 1. The third kappa shape index (κ3) is 1.97. The average Bonchev–Trinajstić information content (AvgIpc) is 2.71. The first-order chi connectivity index (χ1) is 9.02. The molecule has 0 radical (unpaired) electrons. The number of benzene rings is 2. The summed E-state index contributed by atoms with van der Waals surface area (Å²) in [6.45, 7) is 2.03. The van der Waals surface area contributed by atoms with Crippen LogP contribution in [0.2, 0.25) is 10.0 Å². The molecule has 19 heavy (non-hydrogen) atoms. The van der Waals surface area contributed by atoms with Crippen LogP contribution in [0.1, 0.15) is 28.7 Å². The van der Waals surface area contributed by atoms with Gasteiger partial charge in [0.15, 0.2) is 0 Å². The van der Waals surface area contributed by atoms with Crippen molar-refractivity contribution in [1.82, 2.24) is 0 Å². The monoisotopic (exact) mass is 292 g/mol. The maximum absolute atomic E-state index is 11.1. The van der Waals surface area contributed by atoms with E-state index in [0.29, 0.717) is 22.0 Å². The third-order valence-electron chi connectivity index (χ3n) is 3.86. The number of rotatable bonds is 1. The molecule has 1 unspecified atom stereocenters. The third-order valence-corrected chi connectivity index (χ3v) is 4.68. The van der Waals surface area contributed by atoms with Gasteiger partial charge in [-0.3, -0.25) is 0 Å². The van der Waals surface area contributed by atoms with Gasteiger partial charge in [-0.25, -0.2) is 0 Å². The van der Waals surface area contributed by atoms with Gasteiger partial charge in [-0.15, -0.1) is 0 Å². The zero-order valence-electron chi connectivity index (χ0n) is 10.6. The summed E-state index contributed by atoms with van der Waals surface area (Å²) in [5.41, 5.74) is 2.95. The van der Waals surface area contributed by atoms with Crippen LogP contribution in [-0.4, -0.2) is 5.11 Å². The smallest absolute Gasteiger partial charge is 0.117 e. The maximum Gasteiger partial charge on any atom is 0.117 e. The molecule has 2 aromatic rings. The molecular formula is C16H14Cl2O. The SMILES string of the molecule is Cc1ccc2c(c1)C(O)(c1cccc(Cl)c1Cl)CC2. The van der Waals surface area contributed by atoms with Gasteiger partial charge in [-0.05, 0) is 37.0 Å². The molecule has 0 aromatic heterocycles. The molecule has 0 heterocycles. The fourth-order valence-corrected chi connectivity index (χ4v) is 3.30. The summed E-state index contributed by atoms with van der Waals surface area (Å²) in [4.78, 5) is 0. The van der Waals surface area contributed by atoms with E-state index >= 15 is 0 Å². The standard InChI is InChI=1S/C16H14Cl2O/c1-10-5-6-11-7-8-16(19,13(11)9-10)12-3-2-4-14(17)15(12)18/h2-6,9,19H,7-8H2,1H3. The number of halogens is 2. The van der Waals surface area contributed by atoms with Gasteiger partial charge in [-0.2, -0.15) is 0 Å². The lowest BCUT2D eigenvalue weighted by atomic mass is 9.87. The van der Waals surface area contributed by atoms with E-state index in [-0.39, 0.29) is 0 Å². The molecular weight excluding hydrogens is 279 g/mol. The molecule has 0 spiro atoms. The first-order valence-corrected chi connectivity index (χ1v) is 7.05. The number of hydrogen-bond acceptors (Lipinski definition) is 1. The van der Waals surface area contributed by atoms with Crippen LogP contribution >= 0.6 is 23.2 Å². The van der Waals surface area contributed by atoms with Crippen LogP contribution in [0.4, 0.5) is 0 Å². The fraction of sp³-hybridized carbons (Fsp3) is 0.250. The van der Waals surface area contributed by atoms with Gasteiger partial charge in [0, 0.05) is 5.56 Å². The Morgan fingerprint density at radius 1 is 1.11 bits per heavy atom. The van der Waals surface area contributed by atoms with Gasteiger partial charge in [0.25, 0.3) is 0 Å². The van der Waals surface area contributed by atoms with E-state index in [4.69, 9.17) is 23.2 Å². The van der Waals surface area contributed by atoms with Crippen LogP contribution in [0, 0.1) is 6.92 Å². The summed E-state index contributed by atoms with van der Waals surface area (Å²) in [6, 6.07) is 11.6. The van der Waals surface area contributed by atoms with Gasteiger partial charge < -0.3 is 5.11 Å². The van der Waals surface area contributed by atoms with E-state index in [1.165, 1.54) is 5.56 Å². The summed E-state index contributed by atoms with van der Waals surface area (Å²) >= 11 is 12.3. The Morgan fingerprint density at radius 2 is 1.89 bits per heavy atom. The molecule has 0 aliphatic heterocycles. The van der Waals surface area contributed by atoms with Crippen molar-refractivity contribution in [2.45, 2.75) is 25.4 Å². The van der Waals surface area contributed by atoms with E-state index in [2.05, 4.69) is 12.1 Å². The highest BCUT2D eigenvalue weighted by Crippen LogP contribution is 2.45. The lowest BCUT2D eigenvalue weighted by Gasteiger charge is -2.26. The van der Waals surface area contributed by atoms with E-state index in [9.17, 15) is 5.11 Å². The van der Waals surface area contributed by atoms with Gasteiger partial charge in [0.2, 0.25) is 0 Å².